The van der Waals surface area contributed by atoms with E-state index in [1.165, 1.54) is 81.6 Å². The molecule has 3 aromatic heterocycles. The first-order valence-corrected chi connectivity index (χ1v) is 16.5. The first kappa shape index (κ1) is 25.7. The van der Waals surface area contributed by atoms with Crippen LogP contribution < -0.4 is 0 Å². The lowest BCUT2D eigenvalue weighted by Crippen LogP contribution is -1.97. The van der Waals surface area contributed by atoms with E-state index in [0.29, 0.717) is 0 Å². The third kappa shape index (κ3) is 3.40. The zero-order valence-corrected chi connectivity index (χ0v) is 25.9. The van der Waals surface area contributed by atoms with Gasteiger partial charge in [-0.25, -0.2) is 0 Å². The van der Waals surface area contributed by atoms with Crippen LogP contribution in [0.3, 0.4) is 0 Å². The zero-order valence-electron chi connectivity index (χ0n) is 25.9. The van der Waals surface area contributed by atoms with Crippen molar-refractivity contribution >= 4 is 75.9 Å². The molecule has 0 amide bonds. The van der Waals surface area contributed by atoms with Gasteiger partial charge >= 0.3 is 0 Å². The molecule has 0 aliphatic heterocycles. The Kier molecular flexibility index (Phi) is 5.11. The summed E-state index contributed by atoms with van der Waals surface area (Å²) in [6.45, 7) is 0. The van der Waals surface area contributed by atoms with Crippen LogP contribution in [0.2, 0.25) is 0 Å². The Morgan fingerprint density at radius 3 is 1.88 bits per heavy atom. The molecule has 11 aromatic rings. The minimum absolute atomic E-state index is 1.05. The van der Waals surface area contributed by atoms with Gasteiger partial charge in [-0.1, -0.05) is 121 Å². The summed E-state index contributed by atoms with van der Waals surface area (Å²) in [5.41, 5.74) is 9.26. The molecule has 3 heteroatoms. The fraction of sp³-hybridized carbons (Fsp3) is 0. The van der Waals surface area contributed by atoms with Crippen molar-refractivity contribution in [2.45, 2.75) is 0 Å². The maximum Gasteiger partial charge on any atom is 0.0651 e. The van der Waals surface area contributed by atoms with E-state index < -0.39 is 0 Å². The van der Waals surface area contributed by atoms with Gasteiger partial charge in [0.05, 0.1) is 39.6 Å². The lowest BCUT2D eigenvalue weighted by molar-refractivity contribution is 1.15. The minimum Gasteiger partial charge on any atom is -0.309 e. The highest BCUT2D eigenvalue weighted by atomic mass is 15.0. The smallest absolute Gasteiger partial charge is 0.0651 e. The summed E-state index contributed by atoms with van der Waals surface area (Å²) in [5, 5.41) is 12.7. The van der Waals surface area contributed by atoms with E-state index in [2.05, 4.69) is 161 Å². The second-order valence-electron chi connectivity index (χ2n) is 12.8. The molecule has 0 saturated heterocycles. The quantitative estimate of drug-likeness (QED) is 0.183. The normalized spacial score (nSPS) is 12.2. The number of aromatic nitrogens is 3. The number of rotatable bonds is 3. The van der Waals surface area contributed by atoms with Crippen LogP contribution in [0.5, 0.6) is 0 Å². The summed E-state index contributed by atoms with van der Waals surface area (Å²) >= 11 is 0. The van der Waals surface area contributed by atoms with Crippen molar-refractivity contribution < 1.29 is 0 Å². The van der Waals surface area contributed by atoms with Crippen LogP contribution >= 0.6 is 0 Å². The maximum absolute atomic E-state index is 4.77. The van der Waals surface area contributed by atoms with Gasteiger partial charge in [-0.3, -0.25) is 4.98 Å². The molecule has 0 atom stereocenters. The summed E-state index contributed by atoms with van der Waals surface area (Å²) in [6.07, 6.45) is 3.96. The highest BCUT2D eigenvalue weighted by Gasteiger charge is 2.22. The molecule has 48 heavy (non-hydrogen) atoms. The molecular formula is C45H27N3. The number of hydrogen-bond donors (Lipinski definition) is 0. The van der Waals surface area contributed by atoms with Gasteiger partial charge in [0.2, 0.25) is 0 Å². The van der Waals surface area contributed by atoms with Crippen molar-refractivity contribution in [3.63, 3.8) is 0 Å². The molecular weight excluding hydrogens is 583 g/mol. The van der Waals surface area contributed by atoms with Gasteiger partial charge in [0.1, 0.15) is 0 Å². The Balaban J connectivity index is 1.29. The average Bonchev–Trinajstić information content (AvgIpc) is 3.67. The number of para-hydroxylation sites is 2. The summed E-state index contributed by atoms with van der Waals surface area (Å²) < 4.78 is 4.91. The Morgan fingerprint density at radius 2 is 1.04 bits per heavy atom. The van der Waals surface area contributed by atoms with Crippen molar-refractivity contribution in [2.24, 2.45) is 0 Å². The van der Waals surface area contributed by atoms with E-state index in [-0.39, 0.29) is 0 Å². The van der Waals surface area contributed by atoms with E-state index in [1.807, 2.05) is 12.4 Å². The molecule has 0 fully saturated rings. The predicted molar refractivity (Wildman–Crippen MR) is 202 cm³/mol. The molecule has 0 bridgehead atoms. The molecule has 0 saturated carbocycles. The standard InChI is InChI=1S/C45H27N3/c1-2-9-28(10-3-1)32-25-33(27-46-26-32)47-38-15-6-4-13-34(38)35-22-24-41-44(45(35)47)36-14-5-7-16-39(36)48(41)40-23-20-31-18-17-29-11-8-12-30-19-21-37(40)43(31)42(29)30/h1-27H. The van der Waals surface area contributed by atoms with Gasteiger partial charge in [-0.15, -0.1) is 0 Å². The molecule has 3 nitrogen and oxygen atoms in total. The minimum atomic E-state index is 1.05. The summed E-state index contributed by atoms with van der Waals surface area (Å²) in [7, 11) is 0. The van der Waals surface area contributed by atoms with Crippen LogP contribution in [0.4, 0.5) is 0 Å². The lowest BCUT2D eigenvalue weighted by atomic mass is 9.93. The monoisotopic (exact) mass is 609 g/mol. The first-order valence-electron chi connectivity index (χ1n) is 16.5. The molecule has 0 aliphatic carbocycles. The van der Waals surface area contributed by atoms with Crippen LogP contribution in [-0.2, 0) is 0 Å². The fourth-order valence-electron chi connectivity index (χ4n) is 8.29. The largest absolute Gasteiger partial charge is 0.309 e. The molecule has 0 spiro atoms. The Morgan fingerprint density at radius 1 is 0.375 bits per heavy atom. The second kappa shape index (κ2) is 9.54. The predicted octanol–water partition coefficient (Wildman–Crippen LogP) is 11.8. The number of nitrogens with zero attached hydrogens (tertiary/aromatic N) is 3. The Hall–Kier alpha value is -6.45. The fourth-order valence-corrected chi connectivity index (χ4v) is 8.29. The highest BCUT2D eigenvalue weighted by Crippen LogP contribution is 2.44. The van der Waals surface area contributed by atoms with E-state index in [1.54, 1.807) is 0 Å². The van der Waals surface area contributed by atoms with E-state index in [4.69, 9.17) is 4.98 Å². The van der Waals surface area contributed by atoms with Gasteiger partial charge in [0, 0.05) is 38.7 Å². The van der Waals surface area contributed by atoms with Gasteiger partial charge in [0.15, 0.2) is 0 Å². The third-order valence-electron chi connectivity index (χ3n) is 10.3. The van der Waals surface area contributed by atoms with Crippen molar-refractivity contribution in [1.82, 2.24) is 14.1 Å². The number of benzene rings is 8. The molecule has 0 radical (unpaired) electrons. The SMILES string of the molecule is c1ccc(-c2cncc(-n3c4ccccc4c4ccc5c(c6ccccc6n5-c5ccc6ccc7cccc8ccc5c6c78)c43)c2)cc1. The van der Waals surface area contributed by atoms with Crippen molar-refractivity contribution in [1.29, 1.82) is 0 Å². The molecule has 0 unspecified atom stereocenters. The van der Waals surface area contributed by atoms with Gasteiger partial charge < -0.3 is 9.13 Å². The second-order valence-corrected chi connectivity index (χ2v) is 12.8. The van der Waals surface area contributed by atoms with Crippen molar-refractivity contribution in [2.75, 3.05) is 0 Å². The summed E-state index contributed by atoms with van der Waals surface area (Å²) in [4.78, 5) is 4.77. The van der Waals surface area contributed by atoms with Crippen LogP contribution in [-0.4, -0.2) is 14.1 Å². The van der Waals surface area contributed by atoms with Gasteiger partial charge in [-0.05, 0) is 62.8 Å². The Labute approximate surface area is 275 Å². The van der Waals surface area contributed by atoms with Crippen LogP contribution in [0, 0.1) is 0 Å². The topological polar surface area (TPSA) is 22.8 Å². The zero-order chi connectivity index (χ0) is 31.3. The maximum atomic E-state index is 4.77. The Bertz CT molecular complexity index is 3040. The van der Waals surface area contributed by atoms with Gasteiger partial charge in [-0.2, -0.15) is 0 Å². The van der Waals surface area contributed by atoms with Gasteiger partial charge in [0.25, 0.3) is 0 Å². The van der Waals surface area contributed by atoms with E-state index in [9.17, 15) is 0 Å². The molecule has 8 aromatic carbocycles. The van der Waals surface area contributed by atoms with Crippen LogP contribution in [0.15, 0.2) is 164 Å². The molecule has 222 valence electrons. The van der Waals surface area contributed by atoms with E-state index >= 15 is 0 Å². The number of fused-ring (bicyclic) bond motifs is 7. The number of hydrogen-bond acceptors (Lipinski definition) is 1. The third-order valence-corrected chi connectivity index (χ3v) is 10.3. The lowest BCUT2D eigenvalue weighted by Gasteiger charge is -2.16. The first-order chi connectivity index (χ1) is 23.8. The molecule has 11 rings (SSSR count). The number of pyridine rings is 1. The molecule has 0 aliphatic rings. The average molecular weight is 610 g/mol. The summed E-state index contributed by atoms with van der Waals surface area (Å²) in [5.74, 6) is 0. The molecule has 0 N–H and O–H groups in total. The van der Waals surface area contributed by atoms with Crippen LogP contribution in [0.1, 0.15) is 0 Å². The van der Waals surface area contributed by atoms with Crippen LogP contribution in [0.25, 0.3) is 98.4 Å². The van der Waals surface area contributed by atoms with Crippen molar-refractivity contribution in [3.8, 4) is 22.5 Å². The molecule has 3 heterocycles. The highest BCUT2D eigenvalue weighted by molar-refractivity contribution is 6.28. The van der Waals surface area contributed by atoms with Crippen molar-refractivity contribution in [3.05, 3.63) is 164 Å². The summed E-state index contributed by atoms with van der Waals surface area (Å²) in [6, 6.07) is 55.4. The van der Waals surface area contributed by atoms with E-state index in [0.717, 1.165) is 16.8 Å².